The number of nitrogens with one attached hydrogen (secondary N) is 1. The van der Waals surface area contributed by atoms with Crippen LogP contribution in [0, 0.1) is 12.8 Å². The smallest absolute Gasteiger partial charge is 0.328 e. The fourth-order valence-corrected chi connectivity index (χ4v) is 2.10. The molecule has 1 heterocycles. The van der Waals surface area contributed by atoms with Gasteiger partial charge in [0, 0.05) is 18.3 Å². The van der Waals surface area contributed by atoms with Crippen molar-refractivity contribution in [1.82, 2.24) is 9.55 Å². The molecule has 0 bridgehead atoms. The van der Waals surface area contributed by atoms with E-state index in [4.69, 9.17) is 5.11 Å². The summed E-state index contributed by atoms with van der Waals surface area (Å²) >= 11 is 0. The molecule has 0 radical (unpaired) electrons. The maximum Gasteiger partial charge on any atom is 0.328 e. The predicted molar refractivity (Wildman–Crippen MR) is 64.0 cm³/mol. The van der Waals surface area contributed by atoms with Gasteiger partial charge >= 0.3 is 5.69 Å². The van der Waals surface area contributed by atoms with E-state index in [2.05, 4.69) is 4.98 Å². The SMILES string of the molecule is Cc1cn(CC2CC/C2=C/CO)c(=O)[nH]c1=O. The lowest BCUT2D eigenvalue weighted by Gasteiger charge is -2.30. The van der Waals surface area contributed by atoms with Crippen LogP contribution in [0.15, 0.2) is 27.4 Å². The second kappa shape index (κ2) is 4.71. The summed E-state index contributed by atoms with van der Waals surface area (Å²) in [5, 5.41) is 8.83. The number of aromatic nitrogens is 2. The van der Waals surface area contributed by atoms with Crippen LogP contribution in [-0.4, -0.2) is 21.3 Å². The Labute approximate surface area is 98.4 Å². The van der Waals surface area contributed by atoms with Gasteiger partial charge < -0.3 is 5.11 Å². The van der Waals surface area contributed by atoms with Crippen LogP contribution >= 0.6 is 0 Å². The van der Waals surface area contributed by atoms with Crippen LogP contribution in [-0.2, 0) is 6.54 Å². The van der Waals surface area contributed by atoms with Gasteiger partial charge in [0.05, 0.1) is 6.61 Å². The average Bonchev–Trinajstić information content (AvgIpc) is 2.27. The molecule has 0 amide bonds. The lowest BCUT2D eigenvalue weighted by Crippen LogP contribution is -2.34. The summed E-state index contributed by atoms with van der Waals surface area (Å²) in [5.41, 5.74) is 1.04. The largest absolute Gasteiger partial charge is 0.392 e. The summed E-state index contributed by atoms with van der Waals surface area (Å²) in [6.07, 6.45) is 5.41. The molecular formula is C12H16N2O3. The summed E-state index contributed by atoms with van der Waals surface area (Å²) in [6.45, 7) is 2.30. The third-order valence-electron chi connectivity index (χ3n) is 3.27. The monoisotopic (exact) mass is 236 g/mol. The lowest BCUT2D eigenvalue weighted by molar-refractivity contribution is 0.327. The van der Waals surface area contributed by atoms with E-state index in [1.54, 1.807) is 19.2 Å². The zero-order valence-electron chi connectivity index (χ0n) is 9.77. The fourth-order valence-electron chi connectivity index (χ4n) is 2.10. The van der Waals surface area contributed by atoms with Crippen molar-refractivity contribution in [3.05, 3.63) is 44.2 Å². The molecule has 1 aromatic heterocycles. The van der Waals surface area contributed by atoms with E-state index in [9.17, 15) is 9.59 Å². The first-order valence-corrected chi connectivity index (χ1v) is 5.72. The van der Waals surface area contributed by atoms with Gasteiger partial charge in [0.2, 0.25) is 0 Å². The van der Waals surface area contributed by atoms with E-state index in [1.807, 2.05) is 0 Å². The van der Waals surface area contributed by atoms with Crippen molar-refractivity contribution in [3.63, 3.8) is 0 Å². The molecule has 0 saturated heterocycles. The van der Waals surface area contributed by atoms with Crippen molar-refractivity contribution in [2.75, 3.05) is 6.61 Å². The molecule has 5 heteroatoms. The molecule has 1 atom stereocenters. The molecule has 1 saturated carbocycles. The number of aliphatic hydroxyl groups excluding tert-OH is 1. The van der Waals surface area contributed by atoms with Crippen molar-refractivity contribution < 1.29 is 5.11 Å². The number of aliphatic hydroxyl groups is 1. The van der Waals surface area contributed by atoms with Crippen LogP contribution in [0.5, 0.6) is 0 Å². The second-order valence-corrected chi connectivity index (χ2v) is 4.42. The molecule has 0 aromatic carbocycles. The first-order valence-electron chi connectivity index (χ1n) is 5.72. The van der Waals surface area contributed by atoms with E-state index < -0.39 is 0 Å². The summed E-state index contributed by atoms with van der Waals surface area (Å²) < 4.78 is 1.53. The van der Waals surface area contributed by atoms with Gasteiger partial charge in [-0.25, -0.2) is 4.79 Å². The van der Waals surface area contributed by atoms with E-state index in [1.165, 1.54) is 10.1 Å². The van der Waals surface area contributed by atoms with E-state index in [-0.39, 0.29) is 17.9 Å². The Morgan fingerprint density at radius 2 is 2.35 bits per heavy atom. The number of nitrogens with zero attached hydrogens (tertiary/aromatic N) is 1. The highest BCUT2D eigenvalue weighted by Gasteiger charge is 2.24. The minimum atomic E-state index is -0.365. The van der Waals surface area contributed by atoms with Crippen LogP contribution in [0.4, 0.5) is 0 Å². The average molecular weight is 236 g/mol. The van der Waals surface area contributed by atoms with Crippen LogP contribution in [0.2, 0.25) is 0 Å². The van der Waals surface area contributed by atoms with Crippen molar-refractivity contribution in [2.24, 2.45) is 5.92 Å². The molecule has 1 aliphatic rings. The van der Waals surface area contributed by atoms with Crippen molar-refractivity contribution >= 4 is 0 Å². The van der Waals surface area contributed by atoms with E-state index >= 15 is 0 Å². The van der Waals surface area contributed by atoms with Gasteiger partial charge in [-0.15, -0.1) is 0 Å². The quantitative estimate of drug-likeness (QED) is 0.735. The van der Waals surface area contributed by atoms with Crippen molar-refractivity contribution in [3.8, 4) is 0 Å². The molecule has 17 heavy (non-hydrogen) atoms. The lowest BCUT2D eigenvalue weighted by atomic mass is 9.79. The molecule has 2 N–H and O–H groups in total. The molecular weight excluding hydrogens is 220 g/mol. The normalized spacial score (nSPS) is 21.5. The number of rotatable bonds is 3. The van der Waals surface area contributed by atoms with Gasteiger partial charge in [-0.3, -0.25) is 14.3 Å². The van der Waals surface area contributed by atoms with Crippen LogP contribution in [0.3, 0.4) is 0 Å². The first-order chi connectivity index (χ1) is 8.11. The van der Waals surface area contributed by atoms with Gasteiger partial charge in [-0.2, -0.15) is 0 Å². The highest BCUT2D eigenvalue weighted by molar-refractivity contribution is 5.15. The fraction of sp³-hybridized carbons (Fsp3) is 0.500. The number of allylic oxidation sites excluding steroid dienone is 1. The molecule has 0 aliphatic heterocycles. The number of H-pyrrole nitrogens is 1. The molecule has 0 spiro atoms. The maximum atomic E-state index is 11.6. The Morgan fingerprint density at radius 3 is 2.94 bits per heavy atom. The Balaban J connectivity index is 2.20. The van der Waals surface area contributed by atoms with E-state index in [0.717, 1.165) is 12.8 Å². The van der Waals surface area contributed by atoms with Crippen LogP contribution < -0.4 is 11.2 Å². The zero-order chi connectivity index (χ0) is 12.4. The van der Waals surface area contributed by atoms with Gasteiger partial charge in [-0.1, -0.05) is 11.6 Å². The molecule has 2 rings (SSSR count). The first kappa shape index (κ1) is 11.9. The second-order valence-electron chi connectivity index (χ2n) is 4.42. The molecule has 1 fully saturated rings. The highest BCUT2D eigenvalue weighted by atomic mass is 16.2. The van der Waals surface area contributed by atoms with Crippen LogP contribution in [0.25, 0.3) is 0 Å². The summed E-state index contributed by atoms with van der Waals surface area (Å²) in [5.74, 6) is 0.310. The molecule has 1 unspecified atom stereocenters. The number of hydrogen-bond donors (Lipinski definition) is 2. The van der Waals surface area contributed by atoms with Crippen molar-refractivity contribution in [2.45, 2.75) is 26.3 Å². The zero-order valence-corrected chi connectivity index (χ0v) is 9.77. The summed E-state index contributed by atoms with van der Waals surface area (Å²) in [7, 11) is 0. The molecule has 92 valence electrons. The van der Waals surface area contributed by atoms with Gasteiger partial charge in [0.1, 0.15) is 0 Å². The minimum absolute atomic E-state index is 0.0470. The predicted octanol–water partition coefficient (Wildman–Crippen LogP) is 0.174. The number of aryl methyl sites for hydroxylation is 1. The summed E-state index contributed by atoms with van der Waals surface area (Å²) in [4.78, 5) is 25.1. The van der Waals surface area contributed by atoms with Gasteiger partial charge in [-0.05, 0) is 25.7 Å². The van der Waals surface area contributed by atoms with Crippen LogP contribution in [0.1, 0.15) is 18.4 Å². The Kier molecular flexibility index (Phi) is 3.28. The maximum absolute atomic E-state index is 11.6. The number of hydrogen-bond acceptors (Lipinski definition) is 3. The van der Waals surface area contributed by atoms with Gasteiger partial charge in [0.15, 0.2) is 0 Å². The minimum Gasteiger partial charge on any atom is -0.392 e. The standard InChI is InChI=1S/C12H16N2O3/c1-8-6-14(12(17)13-11(8)16)7-10-3-2-9(10)4-5-15/h4,6,10,15H,2-3,5,7H2,1H3,(H,13,16,17)/b9-4-. The molecule has 5 nitrogen and oxygen atoms in total. The summed E-state index contributed by atoms with van der Waals surface area (Å²) in [6, 6.07) is 0. The van der Waals surface area contributed by atoms with Gasteiger partial charge in [0.25, 0.3) is 5.56 Å². The Bertz CT molecular complexity index is 554. The topological polar surface area (TPSA) is 75.1 Å². The molecule has 1 aromatic rings. The Morgan fingerprint density at radius 1 is 1.59 bits per heavy atom. The Hall–Kier alpha value is -1.62. The van der Waals surface area contributed by atoms with Crippen molar-refractivity contribution in [1.29, 1.82) is 0 Å². The third-order valence-corrected chi connectivity index (χ3v) is 3.27. The molecule has 1 aliphatic carbocycles. The third kappa shape index (κ3) is 2.39. The number of aromatic amines is 1. The van der Waals surface area contributed by atoms with E-state index in [0.29, 0.717) is 18.0 Å². The highest BCUT2D eigenvalue weighted by Crippen LogP contribution is 2.34.